The van der Waals surface area contributed by atoms with Gasteiger partial charge in [0.05, 0.1) is 17.4 Å². The van der Waals surface area contributed by atoms with Crippen molar-refractivity contribution in [1.82, 2.24) is 29.7 Å². The van der Waals surface area contributed by atoms with E-state index in [4.69, 9.17) is 21.1 Å². The van der Waals surface area contributed by atoms with Gasteiger partial charge in [-0.05, 0) is 45.2 Å². The van der Waals surface area contributed by atoms with E-state index < -0.39 is 22.9 Å². The second kappa shape index (κ2) is 10.7. The van der Waals surface area contributed by atoms with E-state index in [1.54, 1.807) is 17.2 Å². The highest BCUT2D eigenvalue weighted by atomic mass is 35.5. The van der Waals surface area contributed by atoms with Crippen molar-refractivity contribution in [2.45, 2.75) is 59.1 Å². The second-order valence-corrected chi connectivity index (χ2v) is 11.0. The normalized spacial score (nSPS) is 16.2. The summed E-state index contributed by atoms with van der Waals surface area (Å²) < 4.78 is 12.9. The first-order valence-corrected chi connectivity index (χ1v) is 12.9. The van der Waals surface area contributed by atoms with E-state index in [9.17, 15) is 14.4 Å². The summed E-state index contributed by atoms with van der Waals surface area (Å²) in [5, 5.41) is 3.47. The molecule has 11 nitrogen and oxygen atoms in total. The molecular weight excluding hydrogens is 512 g/mol. The molecule has 0 aromatic carbocycles. The first-order valence-electron chi connectivity index (χ1n) is 12.5. The lowest BCUT2D eigenvalue weighted by Gasteiger charge is -2.34. The quantitative estimate of drug-likeness (QED) is 0.468. The number of pyridine rings is 2. The van der Waals surface area contributed by atoms with Crippen LogP contribution in [0.1, 0.15) is 51.8 Å². The van der Waals surface area contributed by atoms with E-state index in [1.165, 1.54) is 10.6 Å². The molecule has 0 unspecified atom stereocenters. The third-order valence-corrected chi connectivity index (χ3v) is 6.26. The van der Waals surface area contributed by atoms with Crippen LogP contribution in [0.15, 0.2) is 27.9 Å². The topological polar surface area (TPSA) is 131 Å². The number of nitrogens with zero attached hydrogens (tertiary/aromatic N) is 4. The number of rotatable bonds is 5. The van der Waals surface area contributed by atoms with Gasteiger partial charge < -0.3 is 19.7 Å². The molecule has 4 rings (SSSR count). The third kappa shape index (κ3) is 5.83. The molecular formula is C26H33ClN6O5. The van der Waals surface area contributed by atoms with Gasteiger partial charge in [-0.1, -0.05) is 25.4 Å². The van der Waals surface area contributed by atoms with Crippen molar-refractivity contribution in [2.75, 3.05) is 26.2 Å². The van der Waals surface area contributed by atoms with Gasteiger partial charge in [0.15, 0.2) is 5.65 Å². The third-order valence-electron chi connectivity index (χ3n) is 6.07. The van der Waals surface area contributed by atoms with Crippen molar-refractivity contribution in [2.24, 2.45) is 0 Å². The van der Waals surface area contributed by atoms with Crippen LogP contribution < -0.4 is 21.3 Å². The van der Waals surface area contributed by atoms with Crippen LogP contribution in [0, 0.1) is 6.92 Å². The van der Waals surface area contributed by atoms with Crippen LogP contribution >= 0.6 is 11.6 Å². The summed E-state index contributed by atoms with van der Waals surface area (Å²) in [6, 6.07) is 3.01. The molecule has 0 spiro atoms. The van der Waals surface area contributed by atoms with Crippen LogP contribution in [-0.4, -0.2) is 68.4 Å². The van der Waals surface area contributed by atoms with Gasteiger partial charge >= 0.3 is 11.8 Å². The number of H-pyrrole nitrogens is 1. The number of hydrogen-bond donors (Lipinski definition) is 2. The monoisotopic (exact) mass is 544 g/mol. The molecule has 1 aliphatic heterocycles. The van der Waals surface area contributed by atoms with Gasteiger partial charge in [-0.15, -0.1) is 0 Å². The Morgan fingerprint density at radius 2 is 2.03 bits per heavy atom. The van der Waals surface area contributed by atoms with E-state index >= 15 is 0 Å². The maximum absolute atomic E-state index is 13.1. The van der Waals surface area contributed by atoms with Crippen molar-refractivity contribution < 1.29 is 14.3 Å². The van der Waals surface area contributed by atoms with E-state index in [1.807, 2.05) is 41.5 Å². The van der Waals surface area contributed by atoms with Gasteiger partial charge in [-0.3, -0.25) is 14.8 Å². The average Bonchev–Trinajstić information content (AvgIpc) is 2.82. The van der Waals surface area contributed by atoms with E-state index in [0.717, 1.165) is 5.56 Å². The lowest BCUT2D eigenvalue weighted by Crippen LogP contribution is -2.55. The van der Waals surface area contributed by atoms with Crippen LogP contribution in [0.25, 0.3) is 16.7 Å². The molecule has 1 saturated heterocycles. The number of nitrogens with one attached hydrogen (secondary N) is 2. The summed E-state index contributed by atoms with van der Waals surface area (Å²) in [6.45, 7) is 12.8. The van der Waals surface area contributed by atoms with Crippen molar-refractivity contribution in [3.05, 3.63) is 55.6 Å². The largest absolute Gasteiger partial charge is 0.491 e. The molecule has 1 fully saturated rings. The molecule has 3 aromatic heterocycles. The predicted molar refractivity (Wildman–Crippen MR) is 145 cm³/mol. The van der Waals surface area contributed by atoms with Gasteiger partial charge in [0, 0.05) is 31.9 Å². The minimum Gasteiger partial charge on any atom is -0.491 e. The number of hydrogen-bond acceptors (Lipinski definition) is 8. The van der Waals surface area contributed by atoms with Crippen molar-refractivity contribution >= 4 is 28.7 Å². The Morgan fingerprint density at radius 1 is 1.29 bits per heavy atom. The first-order chi connectivity index (χ1) is 17.9. The number of amides is 1. The maximum Gasteiger partial charge on any atom is 0.410 e. The van der Waals surface area contributed by atoms with Crippen LogP contribution in [0.3, 0.4) is 0 Å². The second-order valence-electron chi connectivity index (χ2n) is 10.6. The van der Waals surface area contributed by atoms with Gasteiger partial charge in [-0.25, -0.2) is 19.1 Å². The molecule has 3 aromatic rings. The van der Waals surface area contributed by atoms with Crippen molar-refractivity contribution in [3.8, 4) is 11.4 Å². The lowest BCUT2D eigenvalue weighted by atomic mass is 10.0. The van der Waals surface area contributed by atoms with Gasteiger partial charge in [-0.2, -0.15) is 0 Å². The number of carbonyl (C=O) groups excluding carboxylic acids is 1. The summed E-state index contributed by atoms with van der Waals surface area (Å²) in [5.74, 6) is 0.179. The summed E-state index contributed by atoms with van der Waals surface area (Å²) >= 11 is 6.36. The summed E-state index contributed by atoms with van der Waals surface area (Å²) in [7, 11) is 0. The maximum atomic E-state index is 13.1. The Kier molecular flexibility index (Phi) is 7.80. The SMILES string of the molecule is Cc1ccnc(C(C)C)c1-n1c(=O)[nH]c(=O)c2c(OC[C@@H]3CN(C(=O)OC(C)(C)C)CCN3)cc(Cl)nc21. The lowest BCUT2D eigenvalue weighted by molar-refractivity contribution is 0.0178. The molecule has 12 heteroatoms. The highest BCUT2D eigenvalue weighted by Crippen LogP contribution is 2.29. The molecule has 0 aliphatic carbocycles. The van der Waals surface area contributed by atoms with Crippen molar-refractivity contribution in [1.29, 1.82) is 0 Å². The Balaban J connectivity index is 1.71. The minimum absolute atomic E-state index is 0.000947. The fourth-order valence-corrected chi connectivity index (χ4v) is 4.57. The van der Waals surface area contributed by atoms with Gasteiger partial charge in [0.1, 0.15) is 28.5 Å². The summed E-state index contributed by atoms with van der Waals surface area (Å²) in [6.07, 6.45) is 1.29. The molecule has 1 amide bonds. The molecule has 204 valence electrons. The number of aromatic amines is 1. The van der Waals surface area contributed by atoms with Gasteiger partial charge in [0.25, 0.3) is 5.56 Å². The Labute approximate surface area is 225 Å². The smallest absolute Gasteiger partial charge is 0.410 e. The summed E-state index contributed by atoms with van der Waals surface area (Å²) in [4.78, 5) is 51.5. The van der Waals surface area contributed by atoms with Gasteiger partial charge in [0.2, 0.25) is 0 Å². The van der Waals surface area contributed by atoms with Crippen LogP contribution in [0.5, 0.6) is 5.75 Å². The molecule has 2 N–H and O–H groups in total. The number of aromatic nitrogens is 4. The Bertz CT molecular complexity index is 1480. The fourth-order valence-electron chi connectivity index (χ4n) is 4.39. The summed E-state index contributed by atoms with van der Waals surface area (Å²) in [5.41, 5.74) is 0.195. The van der Waals surface area contributed by atoms with E-state index in [-0.39, 0.29) is 40.5 Å². The standard InChI is InChI=1S/C26H33ClN6O5/c1-14(2)20-21(15(3)7-8-29-20)33-22-19(23(34)31-24(33)35)17(11-18(27)30-22)37-13-16-12-32(10-9-28-16)25(36)38-26(4,5)6/h7-8,11,14,16,28H,9-10,12-13H2,1-6H3,(H,31,34,35)/t16-/m0/s1. The number of piperazine rings is 1. The number of fused-ring (bicyclic) bond motifs is 1. The first kappa shape index (κ1) is 27.6. The van der Waals surface area contributed by atoms with Crippen LogP contribution in [-0.2, 0) is 4.74 Å². The molecule has 1 aliphatic rings. The number of aryl methyl sites for hydroxylation is 1. The number of ether oxygens (including phenoxy) is 2. The zero-order valence-electron chi connectivity index (χ0n) is 22.4. The minimum atomic E-state index is -0.650. The molecule has 0 saturated carbocycles. The molecule has 0 bridgehead atoms. The van der Waals surface area contributed by atoms with E-state index in [2.05, 4.69) is 20.3 Å². The Morgan fingerprint density at radius 3 is 2.71 bits per heavy atom. The highest BCUT2D eigenvalue weighted by Gasteiger charge is 2.28. The molecule has 0 radical (unpaired) electrons. The number of carbonyl (C=O) groups is 1. The molecule has 1 atom stereocenters. The predicted octanol–water partition coefficient (Wildman–Crippen LogP) is 3.14. The molecule has 38 heavy (non-hydrogen) atoms. The highest BCUT2D eigenvalue weighted by molar-refractivity contribution is 6.30. The zero-order valence-corrected chi connectivity index (χ0v) is 23.2. The van der Waals surface area contributed by atoms with Crippen molar-refractivity contribution in [3.63, 3.8) is 0 Å². The fraction of sp³-hybridized carbons (Fsp3) is 0.500. The number of halogens is 1. The van der Waals surface area contributed by atoms with Crippen LogP contribution in [0.2, 0.25) is 5.15 Å². The molecule has 4 heterocycles. The van der Waals surface area contributed by atoms with E-state index in [0.29, 0.717) is 31.0 Å². The van der Waals surface area contributed by atoms with Crippen LogP contribution in [0.4, 0.5) is 4.79 Å². The average molecular weight is 545 g/mol. The Hall–Kier alpha value is -3.44. The zero-order chi connectivity index (χ0) is 27.8.